The third kappa shape index (κ3) is 2.42. The first-order valence-electron chi connectivity index (χ1n) is 4.50. The minimum Gasteiger partial charge on any atom is -0.457 e. The van der Waals surface area contributed by atoms with E-state index in [4.69, 9.17) is 4.74 Å². The fourth-order valence-corrected chi connectivity index (χ4v) is 1.61. The molecule has 0 aromatic heterocycles. The first-order chi connectivity index (χ1) is 5.94. The number of piperidine rings is 1. The van der Waals surface area contributed by atoms with Crippen LogP contribution in [0.1, 0.15) is 20.3 Å². The van der Waals surface area contributed by atoms with Crippen LogP contribution in [0.25, 0.3) is 0 Å². The van der Waals surface area contributed by atoms with Crippen molar-refractivity contribution in [3.05, 3.63) is 0 Å². The van der Waals surface area contributed by atoms with Gasteiger partial charge in [0.1, 0.15) is 11.7 Å². The van der Waals surface area contributed by atoms with Crippen LogP contribution in [0.5, 0.6) is 0 Å². The van der Waals surface area contributed by atoms with E-state index in [1.165, 1.54) is 6.92 Å². The predicted octanol–water partition coefficient (Wildman–Crippen LogP) is 0.00460. The van der Waals surface area contributed by atoms with Gasteiger partial charge in [-0.3, -0.25) is 4.79 Å². The second kappa shape index (κ2) is 3.64. The molecule has 0 unspecified atom stereocenters. The summed E-state index contributed by atoms with van der Waals surface area (Å²) in [5.74, 6) is -0.328. The topological polar surface area (TPSA) is 49.8 Å². The van der Waals surface area contributed by atoms with Crippen LogP contribution in [0.3, 0.4) is 0 Å². The number of likely N-dealkylation sites (tertiary alicyclic amines) is 1. The number of likely N-dealkylation sites (N-methyl/N-ethyl adjacent to an activating group) is 1. The van der Waals surface area contributed by atoms with Crippen LogP contribution in [0.15, 0.2) is 0 Å². The monoisotopic (exact) mass is 187 g/mol. The van der Waals surface area contributed by atoms with Crippen molar-refractivity contribution in [2.45, 2.75) is 32.0 Å². The van der Waals surface area contributed by atoms with E-state index in [2.05, 4.69) is 0 Å². The highest BCUT2D eigenvalue weighted by Crippen LogP contribution is 2.25. The molecule has 1 aliphatic rings. The fraction of sp³-hybridized carbons (Fsp3) is 0.889. The Balaban J connectivity index is 2.61. The van der Waals surface area contributed by atoms with E-state index >= 15 is 0 Å². The normalized spacial score (nSPS) is 35.8. The smallest absolute Gasteiger partial charge is 0.303 e. The van der Waals surface area contributed by atoms with Crippen LogP contribution in [-0.4, -0.2) is 47.8 Å². The lowest BCUT2D eigenvalue weighted by molar-refractivity contribution is -0.176. The molecule has 76 valence electrons. The number of carbonyl (C=O) groups is 1. The number of rotatable bonds is 1. The molecule has 0 spiro atoms. The molecular formula is C9H17NO3. The maximum absolute atomic E-state index is 10.8. The summed E-state index contributed by atoms with van der Waals surface area (Å²) in [4.78, 5) is 12.8. The number of ether oxygens (including phenoxy) is 1. The molecule has 4 heteroatoms. The molecule has 0 saturated carbocycles. The molecule has 4 nitrogen and oxygen atoms in total. The highest BCUT2D eigenvalue weighted by molar-refractivity contribution is 5.66. The van der Waals surface area contributed by atoms with Crippen LogP contribution in [0.4, 0.5) is 0 Å². The van der Waals surface area contributed by atoms with E-state index in [0.717, 1.165) is 6.54 Å². The summed E-state index contributed by atoms with van der Waals surface area (Å²) in [6.07, 6.45) is 0.0969. The average molecular weight is 187 g/mol. The number of hydrogen-bond donors (Lipinski definition) is 1. The Labute approximate surface area is 78.5 Å². The van der Waals surface area contributed by atoms with Crippen LogP contribution in [-0.2, 0) is 9.53 Å². The predicted molar refractivity (Wildman–Crippen MR) is 48.3 cm³/mol. The summed E-state index contributed by atoms with van der Waals surface area (Å²) in [6.45, 7) is 4.56. The van der Waals surface area contributed by atoms with Crippen molar-refractivity contribution < 1.29 is 14.6 Å². The molecule has 1 fully saturated rings. The van der Waals surface area contributed by atoms with E-state index in [1.54, 1.807) is 6.92 Å². The quantitative estimate of drug-likeness (QED) is 0.587. The van der Waals surface area contributed by atoms with E-state index in [-0.39, 0.29) is 5.97 Å². The first-order valence-corrected chi connectivity index (χ1v) is 4.50. The second-order valence-corrected chi connectivity index (χ2v) is 3.93. The lowest BCUT2D eigenvalue weighted by atomic mass is 9.90. The number of β-amino-alcohol motifs (C(OH)–C–C–N with tert-alkyl or cyclic N) is 1. The Hall–Kier alpha value is -0.610. The second-order valence-electron chi connectivity index (χ2n) is 3.93. The highest BCUT2D eigenvalue weighted by atomic mass is 16.6. The molecule has 0 aliphatic carbocycles. The minimum atomic E-state index is -0.696. The van der Waals surface area contributed by atoms with Crippen molar-refractivity contribution in [2.75, 3.05) is 20.1 Å². The standard InChI is InChI=1S/C9H17NO3/c1-7(11)13-9(2)4-5-10(3)6-8(9)12/h8,12H,4-6H2,1-3H3/t8-,9-/m1/s1. The molecule has 0 amide bonds. The summed E-state index contributed by atoms with van der Waals surface area (Å²) in [6, 6.07) is 0. The molecule has 1 aliphatic heterocycles. The molecule has 0 aromatic rings. The third-order valence-electron chi connectivity index (χ3n) is 2.56. The lowest BCUT2D eigenvalue weighted by Gasteiger charge is -2.41. The Kier molecular flexibility index (Phi) is 2.93. The van der Waals surface area contributed by atoms with Crippen molar-refractivity contribution in [2.24, 2.45) is 0 Å². The van der Waals surface area contributed by atoms with Crippen molar-refractivity contribution in [3.8, 4) is 0 Å². The molecular weight excluding hydrogens is 170 g/mol. The van der Waals surface area contributed by atoms with E-state index in [1.807, 2.05) is 11.9 Å². The molecule has 2 atom stereocenters. The lowest BCUT2D eigenvalue weighted by Crippen LogP contribution is -2.54. The Morgan fingerprint density at radius 3 is 2.77 bits per heavy atom. The van der Waals surface area contributed by atoms with Gasteiger partial charge in [-0.05, 0) is 14.0 Å². The van der Waals surface area contributed by atoms with Crippen molar-refractivity contribution in [1.82, 2.24) is 4.90 Å². The highest BCUT2D eigenvalue weighted by Gasteiger charge is 2.40. The number of carbonyl (C=O) groups excluding carboxylic acids is 1. The van der Waals surface area contributed by atoms with Gasteiger partial charge in [-0.2, -0.15) is 0 Å². The summed E-state index contributed by atoms with van der Waals surface area (Å²) in [7, 11) is 1.94. The molecule has 1 saturated heterocycles. The molecule has 1 rings (SSSR count). The van der Waals surface area contributed by atoms with Crippen molar-refractivity contribution >= 4 is 5.97 Å². The minimum absolute atomic E-state index is 0.328. The number of aliphatic hydroxyl groups is 1. The molecule has 13 heavy (non-hydrogen) atoms. The van der Waals surface area contributed by atoms with Gasteiger partial charge in [0.25, 0.3) is 0 Å². The van der Waals surface area contributed by atoms with Crippen LogP contribution >= 0.6 is 0 Å². The van der Waals surface area contributed by atoms with E-state index < -0.39 is 11.7 Å². The van der Waals surface area contributed by atoms with Gasteiger partial charge in [-0.1, -0.05) is 0 Å². The zero-order valence-electron chi connectivity index (χ0n) is 8.41. The summed E-state index contributed by atoms with van der Waals surface area (Å²) >= 11 is 0. The number of nitrogens with zero attached hydrogens (tertiary/aromatic N) is 1. The van der Waals surface area contributed by atoms with Gasteiger partial charge in [0.05, 0.1) is 0 Å². The molecule has 0 bridgehead atoms. The maximum Gasteiger partial charge on any atom is 0.303 e. The zero-order valence-corrected chi connectivity index (χ0v) is 8.41. The zero-order chi connectivity index (χ0) is 10.1. The summed E-state index contributed by atoms with van der Waals surface area (Å²) in [5.41, 5.74) is -0.696. The molecule has 1 heterocycles. The number of esters is 1. The number of aliphatic hydroxyl groups excluding tert-OH is 1. The van der Waals surface area contributed by atoms with Gasteiger partial charge in [0.15, 0.2) is 0 Å². The largest absolute Gasteiger partial charge is 0.457 e. The van der Waals surface area contributed by atoms with Gasteiger partial charge in [0, 0.05) is 26.4 Å². The molecule has 0 aromatic carbocycles. The van der Waals surface area contributed by atoms with Crippen LogP contribution < -0.4 is 0 Å². The SMILES string of the molecule is CC(=O)O[C@]1(C)CCN(C)C[C@H]1O. The fourth-order valence-electron chi connectivity index (χ4n) is 1.61. The van der Waals surface area contributed by atoms with Gasteiger partial charge in [-0.15, -0.1) is 0 Å². The molecule has 1 N–H and O–H groups in total. The van der Waals surface area contributed by atoms with Crippen molar-refractivity contribution in [3.63, 3.8) is 0 Å². The summed E-state index contributed by atoms with van der Waals surface area (Å²) in [5, 5.41) is 9.73. The van der Waals surface area contributed by atoms with Crippen LogP contribution in [0.2, 0.25) is 0 Å². The average Bonchev–Trinajstić information content (AvgIpc) is 1.97. The van der Waals surface area contributed by atoms with E-state index in [0.29, 0.717) is 13.0 Å². The Morgan fingerprint density at radius 2 is 2.31 bits per heavy atom. The molecule has 0 radical (unpaired) electrons. The number of hydrogen-bond acceptors (Lipinski definition) is 4. The van der Waals surface area contributed by atoms with Gasteiger partial charge in [0.2, 0.25) is 0 Å². The van der Waals surface area contributed by atoms with Gasteiger partial charge >= 0.3 is 5.97 Å². The van der Waals surface area contributed by atoms with Crippen LogP contribution in [0, 0.1) is 0 Å². The van der Waals surface area contributed by atoms with Gasteiger partial charge in [-0.25, -0.2) is 0 Å². The Bertz CT molecular complexity index is 207. The maximum atomic E-state index is 10.8. The van der Waals surface area contributed by atoms with E-state index in [9.17, 15) is 9.90 Å². The third-order valence-corrected chi connectivity index (χ3v) is 2.56. The van der Waals surface area contributed by atoms with Crippen molar-refractivity contribution in [1.29, 1.82) is 0 Å². The Morgan fingerprint density at radius 1 is 1.69 bits per heavy atom. The first kappa shape index (κ1) is 10.5. The summed E-state index contributed by atoms with van der Waals surface area (Å²) < 4.78 is 5.12. The van der Waals surface area contributed by atoms with Gasteiger partial charge < -0.3 is 14.7 Å².